The second-order valence-electron chi connectivity index (χ2n) is 5.69. The molecule has 0 bridgehead atoms. The lowest BCUT2D eigenvalue weighted by atomic mass is 10.2. The number of carboxylic acid groups (broad SMARTS) is 1. The van der Waals surface area contributed by atoms with E-state index < -0.39 is 17.2 Å². The zero-order valence-electron chi connectivity index (χ0n) is 12.8. The van der Waals surface area contributed by atoms with Crippen molar-refractivity contribution >= 4 is 21.9 Å². The SMILES string of the molecule is O=C(O)c1[nH]c(=O)n(-c2cccc(Br)c2)c(=O)c1CN1CCCC1. The predicted octanol–water partition coefficient (Wildman–Crippen LogP) is 1.58. The Morgan fingerprint density at radius 1 is 1.25 bits per heavy atom. The van der Waals surface area contributed by atoms with Crippen molar-refractivity contribution in [2.24, 2.45) is 0 Å². The molecule has 1 aliphatic rings. The van der Waals surface area contributed by atoms with Gasteiger partial charge in [-0.2, -0.15) is 0 Å². The van der Waals surface area contributed by atoms with Gasteiger partial charge >= 0.3 is 11.7 Å². The third kappa shape index (κ3) is 3.20. The Balaban J connectivity index is 2.18. The van der Waals surface area contributed by atoms with Crippen LogP contribution in [-0.4, -0.2) is 38.6 Å². The lowest BCUT2D eigenvalue weighted by Gasteiger charge is -2.16. The van der Waals surface area contributed by atoms with E-state index in [0.29, 0.717) is 5.69 Å². The Morgan fingerprint density at radius 3 is 2.58 bits per heavy atom. The fraction of sp³-hybridized carbons (Fsp3) is 0.312. The van der Waals surface area contributed by atoms with Crippen molar-refractivity contribution in [2.75, 3.05) is 13.1 Å². The van der Waals surface area contributed by atoms with Crippen molar-refractivity contribution in [3.8, 4) is 5.69 Å². The van der Waals surface area contributed by atoms with E-state index in [9.17, 15) is 19.5 Å². The number of aromatic carboxylic acids is 1. The van der Waals surface area contributed by atoms with Gasteiger partial charge in [-0.25, -0.2) is 14.2 Å². The van der Waals surface area contributed by atoms with E-state index in [1.807, 2.05) is 4.90 Å². The molecular formula is C16H16BrN3O4. The predicted molar refractivity (Wildman–Crippen MR) is 91.8 cm³/mol. The number of halogens is 1. The Morgan fingerprint density at radius 2 is 1.96 bits per heavy atom. The molecule has 0 atom stereocenters. The summed E-state index contributed by atoms with van der Waals surface area (Å²) >= 11 is 3.31. The average Bonchev–Trinajstić information content (AvgIpc) is 3.03. The van der Waals surface area contributed by atoms with E-state index >= 15 is 0 Å². The summed E-state index contributed by atoms with van der Waals surface area (Å²) in [5.74, 6) is -1.31. The van der Waals surface area contributed by atoms with Crippen molar-refractivity contribution in [3.63, 3.8) is 0 Å². The molecule has 1 saturated heterocycles. The molecule has 126 valence electrons. The quantitative estimate of drug-likeness (QED) is 0.821. The number of H-pyrrole nitrogens is 1. The summed E-state index contributed by atoms with van der Waals surface area (Å²) in [6.45, 7) is 1.84. The number of likely N-dealkylation sites (tertiary alicyclic amines) is 1. The molecule has 2 aromatic rings. The number of carboxylic acids is 1. The monoisotopic (exact) mass is 393 g/mol. The lowest BCUT2D eigenvalue weighted by Crippen LogP contribution is -2.40. The second kappa shape index (κ2) is 6.74. The molecule has 0 aliphatic carbocycles. The smallest absolute Gasteiger partial charge is 0.352 e. The van der Waals surface area contributed by atoms with Crippen LogP contribution < -0.4 is 11.2 Å². The molecule has 0 saturated carbocycles. The Kier molecular flexibility index (Phi) is 4.68. The maximum Gasteiger partial charge on any atom is 0.352 e. The van der Waals surface area contributed by atoms with Crippen LogP contribution in [0.25, 0.3) is 5.69 Å². The summed E-state index contributed by atoms with van der Waals surface area (Å²) in [4.78, 5) is 41.0. The van der Waals surface area contributed by atoms with Gasteiger partial charge in [-0.15, -0.1) is 0 Å². The van der Waals surface area contributed by atoms with E-state index in [1.54, 1.807) is 24.3 Å². The largest absolute Gasteiger partial charge is 0.477 e. The number of aromatic nitrogens is 2. The van der Waals surface area contributed by atoms with Gasteiger partial charge in [0, 0.05) is 11.0 Å². The first kappa shape index (κ1) is 16.7. The fourth-order valence-electron chi connectivity index (χ4n) is 2.92. The minimum Gasteiger partial charge on any atom is -0.477 e. The van der Waals surface area contributed by atoms with Crippen LogP contribution in [-0.2, 0) is 6.54 Å². The van der Waals surface area contributed by atoms with Crippen LogP contribution in [0, 0.1) is 0 Å². The van der Waals surface area contributed by atoms with Crippen molar-refractivity contribution < 1.29 is 9.90 Å². The summed E-state index contributed by atoms with van der Waals surface area (Å²) in [6.07, 6.45) is 2.04. The van der Waals surface area contributed by atoms with Gasteiger partial charge in [-0.3, -0.25) is 9.69 Å². The standard InChI is InChI=1S/C16H16BrN3O4/c17-10-4-3-5-11(8-10)20-14(21)12(9-19-6-1-2-7-19)13(15(22)23)18-16(20)24/h3-5,8H,1-2,6-7,9H2,(H,18,24)(H,22,23). The van der Waals surface area contributed by atoms with E-state index in [0.717, 1.165) is 35.0 Å². The highest BCUT2D eigenvalue weighted by molar-refractivity contribution is 9.10. The molecule has 8 heteroatoms. The maximum absolute atomic E-state index is 12.9. The van der Waals surface area contributed by atoms with E-state index in [1.165, 1.54) is 0 Å². The molecule has 0 spiro atoms. The third-order valence-electron chi connectivity index (χ3n) is 4.06. The van der Waals surface area contributed by atoms with Crippen LogP contribution >= 0.6 is 15.9 Å². The van der Waals surface area contributed by atoms with Gasteiger partial charge < -0.3 is 10.1 Å². The Labute approximate surface area is 145 Å². The molecular weight excluding hydrogens is 378 g/mol. The number of rotatable bonds is 4. The third-order valence-corrected chi connectivity index (χ3v) is 4.55. The van der Waals surface area contributed by atoms with Crippen LogP contribution in [0.15, 0.2) is 38.3 Å². The van der Waals surface area contributed by atoms with Crippen LogP contribution in [0.4, 0.5) is 0 Å². The van der Waals surface area contributed by atoms with Gasteiger partial charge in [0.25, 0.3) is 5.56 Å². The van der Waals surface area contributed by atoms with E-state index in [-0.39, 0.29) is 17.8 Å². The summed E-state index contributed by atoms with van der Waals surface area (Å²) in [5.41, 5.74) is -1.20. The van der Waals surface area contributed by atoms with Gasteiger partial charge in [0.15, 0.2) is 0 Å². The van der Waals surface area contributed by atoms with Crippen LogP contribution in [0.5, 0.6) is 0 Å². The summed E-state index contributed by atoms with van der Waals surface area (Å²) in [5, 5.41) is 9.35. The summed E-state index contributed by atoms with van der Waals surface area (Å²) in [6, 6.07) is 6.74. The first-order chi connectivity index (χ1) is 11.5. The molecule has 2 N–H and O–H groups in total. The van der Waals surface area contributed by atoms with Gasteiger partial charge in [-0.05, 0) is 44.1 Å². The number of aromatic amines is 1. The van der Waals surface area contributed by atoms with Crippen molar-refractivity contribution in [1.29, 1.82) is 0 Å². The molecule has 0 amide bonds. The molecule has 0 unspecified atom stereocenters. The Hall–Kier alpha value is -2.19. The van der Waals surface area contributed by atoms with Crippen LogP contribution in [0.1, 0.15) is 28.9 Å². The van der Waals surface area contributed by atoms with Gasteiger partial charge in [-0.1, -0.05) is 22.0 Å². The van der Waals surface area contributed by atoms with Crippen molar-refractivity contribution in [1.82, 2.24) is 14.5 Å². The molecule has 2 heterocycles. The first-order valence-electron chi connectivity index (χ1n) is 7.57. The molecule has 24 heavy (non-hydrogen) atoms. The minimum atomic E-state index is -1.31. The Bertz CT molecular complexity index is 897. The first-order valence-corrected chi connectivity index (χ1v) is 8.36. The van der Waals surface area contributed by atoms with Gasteiger partial charge in [0.1, 0.15) is 5.69 Å². The van der Waals surface area contributed by atoms with Crippen molar-refractivity contribution in [2.45, 2.75) is 19.4 Å². The zero-order valence-corrected chi connectivity index (χ0v) is 14.4. The molecule has 1 fully saturated rings. The summed E-state index contributed by atoms with van der Waals surface area (Å²) < 4.78 is 1.69. The second-order valence-corrected chi connectivity index (χ2v) is 6.61. The number of nitrogens with zero attached hydrogens (tertiary/aromatic N) is 2. The van der Waals surface area contributed by atoms with Crippen LogP contribution in [0.2, 0.25) is 0 Å². The summed E-state index contributed by atoms with van der Waals surface area (Å²) in [7, 11) is 0. The highest BCUT2D eigenvalue weighted by atomic mass is 79.9. The van der Waals surface area contributed by atoms with Crippen LogP contribution in [0.3, 0.4) is 0 Å². The lowest BCUT2D eigenvalue weighted by molar-refractivity contribution is 0.0687. The number of carbonyl (C=O) groups is 1. The number of benzene rings is 1. The number of hydrogen-bond donors (Lipinski definition) is 2. The average molecular weight is 394 g/mol. The highest BCUT2D eigenvalue weighted by Gasteiger charge is 2.23. The fourth-order valence-corrected chi connectivity index (χ4v) is 3.30. The van der Waals surface area contributed by atoms with Gasteiger partial charge in [0.2, 0.25) is 0 Å². The molecule has 0 radical (unpaired) electrons. The zero-order chi connectivity index (χ0) is 17.3. The molecule has 3 rings (SSSR count). The number of nitrogens with one attached hydrogen (secondary N) is 1. The molecule has 7 nitrogen and oxygen atoms in total. The molecule has 1 aromatic heterocycles. The maximum atomic E-state index is 12.9. The minimum absolute atomic E-state index is 0.101. The highest BCUT2D eigenvalue weighted by Crippen LogP contribution is 2.15. The molecule has 1 aliphatic heterocycles. The topological polar surface area (TPSA) is 95.4 Å². The van der Waals surface area contributed by atoms with E-state index in [2.05, 4.69) is 20.9 Å². The normalized spacial score (nSPS) is 14.9. The number of hydrogen-bond acceptors (Lipinski definition) is 4. The van der Waals surface area contributed by atoms with Gasteiger partial charge in [0.05, 0.1) is 11.3 Å². The van der Waals surface area contributed by atoms with E-state index in [4.69, 9.17) is 0 Å². The molecule has 1 aromatic carbocycles. The van der Waals surface area contributed by atoms with Crippen molar-refractivity contribution in [3.05, 3.63) is 60.8 Å².